The van der Waals surface area contributed by atoms with Gasteiger partial charge >= 0.3 is 0 Å². The van der Waals surface area contributed by atoms with Gasteiger partial charge in [-0.25, -0.2) is 0 Å². The number of hydrogen-bond donors (Lipinski definition) is 3. The van der Waals surface area contributed by atoms with Crippen molar-refractivity contribution in [3.05, 3.63) is 119 Å². The van der Waals surface area contributed by atoms with Crippen LogP contribution in [0.5, 0.6) is 0 Å². The summed E-state index contributed by atoms with van der Waals surface area (Å²) in [6.45, 7) is 2.74. The number of H-pyrrole nitrogens is 1. The van der Waals surface area contributed by atoms with E-state index in [2.05, 4.69) is 69.1 Å². The molecule has 3 aromatic carbocycles. The fourth-order valence-corrected chi connectivity index (χ4v) is 5.06. The number of benzene rings is 3. The molecule has 194 valence electrons. The van der Waals surface area contributed by atoms with Crippen LogP contribution in [0.3, 0.4) is 0 Å². The lowest BCUT2D eigenvalue weighted by atomic mass is 9.90. The highest BCUT2D eigenvalue weighted by Crippen LogP contribution is 2.28. The SMILES string of the molecule is CCc1ccc(Cn2c(CCc3ccccc3)nnc2C(Cc2c[nH]c3ccccc23)C(N)C(N)=O)cc1. The zero-order valence-corrected chi connectivity index (χ0v) is 21.7. The van der Waals surface area contributed by atoms with Crippen molar-refractivity contribution in [3.63, 3.8) is 0 Å². The minimum Gasteiger partial charge on any atom is -0.368 e. The fraction of sp³-hybridized carbons (Fsp3) is 0.258. The molecule has 7 heteroatoms. The van der Waals surface area contributed by atoms with Gasteiger partial charge in [0.1, 0.15) is 11.6 Å². The number of carbonyl (C=O) groups excluding carboxylic acids is 1. The van der Waals surface area contributed by atoms with Gasteiger partial charge in [-0.3, -0.25) is 4.79 Å². The average Bonchev–Trinajstić information content (AvgIpc) is 3.55. The number of nitrogens with two attached hydrogens (primary N) is 2. The molecule has 0 saturated carbocycles. The monoisotopic (exact) mass is 506 g/mol. The average molecular weight is 507 g/mol. The van der Waals surface area contributed by atoms with E-state index in [0.29, 0.717) is 18.8 Å². The summed E-state index contributed by atoms with van der Waals surface area (Å²) in [7, 11) is 0. The molecule has 2 unspecified atom stereocenters. The Labute approximate surface area is 222 Å². The molecule has 5 N–H and O–H groups in total. The van der Waals surface area contributed by atoms with Crippen LogP contribution in [0.2, 0.25) is 0 Å². The predicted molar refractivity (Wildman–Crippen MR) is 151 cm³/mol. The Hall–Kier alpha value is -4.23. The maximum Gasteiger partial charge on any atom is 0.235 e. The lowest BCUT2D eigenvalue weighted by molar-refractivity contribution is -0.119. The number of para-hydroxylation sites is 1. The van der Waals surface area contributed by atoms with Gasteiger partial charge < -0.3 is 21.0 Å². The van der Waals surface area contributed by atoms with Gasteiger partial charge in [-0.2, -0.15) is 0 Å². The van der Waals surface area contributed by atoms with Crippen molar-refractivity contribution in [2.75, 3.05) is 0 Å². The van der Waals surface area contributed by atoms with E-state index < -0.39 is 17.9 Å². The molecule has 0 fully saturated rings. The number of amides is 1. The molecule has 38 heavy (non-hydrogen) atoms. The minimum absolute atomic E-state index is 0.431. The highest BCUT2D eigenvalue weighted by atomic mass is 16.1. The van der Waals surface area contributed by atoms with Gasteiger partial charge in [0.15, 0.2) is 0 Å². The summed E-state index contributed by atoms with van der Waals surface area (Å²) < 4.78 is 2.13. The first kappa shape index (κ1) is 25.4. The number of aromatic nitrogens is 4. The van der Waals surface area contributed by atoms with E-state index in [1.54, 1.807) is 0 Å². The van der Waals surface area contributed by atoms with Crippen LogP contribution in [0.4, 0.5) is 0 Å². The summed E-state index contributed by atoms with van der Waals surface area (Å²) in [5.41, 5.74) is 18.0. The fourth-order valence-electron chi connectivity index (χ4n) is 5.06. The molecule has 2 heterocycles. The lowest BCUT2D eigenvalue weighted by Gasteiger charge is -2.22. The maximum atomic E-state index is 12.4. The second kappa shape index (κ2) is 11.4. The number of fused-ring (bicyclic) bond motifs is 1. The number of hydrogen-bond acceptors (Lipinski definition) is 4. The Bertz CT molecular complexity index is 1500. The number of aryl methyl sites for hydroxylation is 3. The van der Waals surface area contributed by atoms with Crippen molar-refractivity contribution in [2.45, 2.75) is 51.1 Å². The molecule has 0 aliphatic heterocycles. The number of carbonyl (C=O) groups is 1. The van der Waals surface area contributed by atoms with Gasteiger partial charge in [-0.05, 0) is 47.6 Å². The maximum absolute atomic E-state index is 12.4. The Balaban J connectivity index is 1.53. The van der Waals surface area contributed by atoms with Gasteiger partial charge in [0, 0.05) is 29.4 Å². The van der Waals surface area contributed by atoms with Gasteiger partial charge in [-0.1, -0.05) is 79.7 Å². The zero-order chi connectivity index (χ0) is 26.5. The van der Waals surface area contributed by atoms with Gasteiger partial charge in [0.2, 0.25) is 5.91 Å². The smallest absolute Gasteiger partial charge is 0.235 e. The van der Waals surface area contributed by atoms with Crippen molar-refractivity contribution in [3.8, 4) is 0 Å². The van der Waals surface area contributed by atoms with Crippen LogP contribution >= 0.6 is 0 Å². The molecular formula is C31H34N6O. The van der Waals surface area contributed by atoms with Crippen LogP contribution in [-0.2, 0) is 37.0 Å². The van der Waals surface area contributed by atoms with Crippen molar-refractivity contribution < 1.29 is 4.79 Å². The zero-order valence-electron chi connectivity index (χ0n) is 21.7. The van der Waals surface area contributed by atoms with Gasteiger partial charge in [-0.15, -0.1) is 10.2 Å². The molecule has 0 aliphatic rings. The van der Waals surface area contributed by atoms with E-state index in [0.717, 1.165) is 47.1 Å². The van der Waals surface area contributed by atoms with Crippen LogP contribution in [0.15, 0.2) is 85.1 Å². The van der Waals surface area contributed by atoms with E-state index in [1.807, 2.05) is 42.6 Å². The minimum atomic E-state index is -0.906. The quantitative estimate of drug-likeness (QED) is 0.248. The molecule has 2 atom stereocenters. The van der Waals surface area contributed by atoms with E-state index in [-0.39, 0.29) is 0 Å². The Kier molecular flexibility index (Phi) is 7.65. The largest absolute Gasteiger partial charge is 0.368 e. The first-order valence-corrected chi connectivity index (χ1v) is 13.2. The molecule has 0 spiro atoms. The highest BCUT2D eigenvalue weighted by molar-refractivity contribution is 5.84. The number of aromatic amines is 1. The first-order valence-electron chi connectivity index (χ1n) is 13.2. The van der Waals surface area contributed by atoms with Crippen molar-refractivity contribution in [1.82, 2.24) is 19.7 Å². The Morgan fingerprint density at radius 2 is 1.61 bits per heavy atom. The van der Waals surface area contributed by atoms with Gasteiger partial charge in [0.25, 0.3) is 0 Å². The van der Waals surface area contributed by atoms with Gasteiger partial charge in [0.05, 0.1) is 12.6 Å². The molecule has 5 aromatic rings. The predicted octanol–water partition coefficient (Wildman–Crippen LogP) is 4.29. The molecular weight excluding hydrogens is 472 g/mol. The van der Waals surface area contributed by atoms with E-state index in [1.165, 1.54) is 11.1 Å². The lowest BCUT2D eigenvalue weighted by Crippen LogP contribution is -2.43. The standard InChI is InChI=1S/C31H34N6O/c1-2-21-12-14-23(15-13-21)20-37-28(17-16-22-8-4-3-5-9-22)35-36-31(37)26(29(32)30(33)38)18-24-19-34-27-11-7-6-10-25(24)27/h3-15,19,26,29,34H,2,16-18,20,32H2,1H3,(H2,33,38). The second-order valence-electron chi connectivity index (χ2n) is 9.81. The molecule has 5 rings (SSSR count). The summed E-state index contributed by atoms with van der Waals surface area (Å²) >= 11 is 0. The number of primary amides is 1. The summed E-state index contributed by atoms with van der Waals surface area (Å²) in [6.07, 6.45) is 5.03. The van der Waals surface area contributed by atoms with Crippen LogP contribution in [-0.4, -0.2) is 31.7 Å². The topological polar surface area (TPSA) is 116 Å². The number of nitrogens with one attached hydrogen (secondary N) is 1. The third kappa shape index (κ3) is 5.53. The van der Waals surface area contributed by atoms with Crippen molar-refractivity contribution in [2.24, 2.45) is 11.5 Å². The molecule has 1 amide bonds. The normalized spacial score (nSPS) is 13.0. The summed E-state index contributed by atoms with van der Waals surface area (Å²) in [4.78, 5) is 15.7. The second-order valence-corrected chi connectivity index (χ2v) is 9.81. The summed E-state index contributed by atoms with van der Waals surface area (Å²) in [5, 5.41) is 10.3. The molecule has 0 radical (unpaired) electrons. The number of rotatable bonds is 11. The van der Waals surface area contributed by atoms with Crippen LogP contribution in [0.25, 0.3) is 10.9 Å². The molecule has 0 aliphatic carbocycles. The van der Waals surface area contributed by atoms with Crippen LogP contribution < -0.4 is 11.5 Å². The third-order valence-electron chi connectivity index (χ3n) is 7.32. The number of nitrogens with zero attached hydrogens (tertiary/aromatic N) is 3. The van der Waals surface area contributed by atoms with E-state index >= 15 is 0 Å². The molecule has 0 bridgehead atoms. The highest BCUT2D eigenvalue weighted by Gasteiger charge is 2.31. The molecule has 7 nitrogen and oxygen atoms in total. The van der Waals surface area contributed by atoms with Crippen LogP contribution in [0, 0.1) is 0 Å². The summed E-state index contributed by atoms with van der Waals surface area (Å²) in [6, 6.07) is 26.1. The molecule has 0 saturated heterocycles. The summed E-state index contributed by atoms with van der Waals surface area (Å²) in [5.74, 6) is 0.565. The Morgan fingerprint density at radius 3 is 2.34 bits per heavy atom. The molecule has 2 aromatic heterocycles. The van der Waals surface area contributed by atoms with E-state index in [9.17, 15) is 4.79 Å². The van der Waals surface area contributed by atoms with Crippen molar-refractivity contribution in [1.29, 1.82) is 0 Å². The van der Waals surface area contributed by atoms with Crippen molar-refractivity contribution >= 4 is 16.8 Å². The Morgan fingerprint density at radius 1 is 0.895 bits per heavy atom. The van der Waals surface area contributed by atoms with E-state index in [4.69, 9.17) is 11.5 Å². The van der Waals surface area contributed by atoms with Crippen LogP contribution in [0.1, 0.15) is 46.7 Å². The third-order valence-corrected chi connectivity index (χ3v) is 7.32. The first-order chi connectivity index (χ1) is 18.5.